The highest BCUT2D eigenvalue weighted by molar-refractivity contribution is 7.99. The first kappa shape index (κ1) is 11.7. The van der Waals surface area contributed by atoms with E-state index in [9.17, 15) is 4.79 Å². The highest BCUT2D eigenvalue weighted by atomic mass is 32.2. The molecule has 1 rings (SSSR count). The fraction of sp³-hybridized carbons (Fsp3) is 0.300. The molecule has 0 aliphatic carbocycles. The van der Waals surface area contributed by atoms with Gasteiger partial charge in [-0.3, -0.25) is 0 Å². The molecule has 0 fully saturated rings. The Hall–Kier alpha value is -1.36. The van der Waals surface area contributed by atoms with Gasteiger partial charge in [-0.2, -0.15) is 0 Å². The lowest BCUT2D eigenvalue weighted by Crippen LogP contribution is -2.23. The number of carbonyl (C=O) groups is 1. The molecule has 0 aliphatic rings. The van der Waals surface area contributed by atoms with Gasteiger partial charge in [0.15, 0.2) is 0 Å². The van der Waals surface area contributed by atoms with Gasteiger partial charge in [-0.1, -0.05) is 0 Å². The molecule has 0 aromatic heterocycles. The van der Waals surface area contributed by atoms with E-state index in [1.54, 1.807) is 18.9 Å². The van der Waals surface area contributed by atoms with Crippen LogP contribution in [-0.4, -0.2) is 30.6 Å². The van der Waals surface area contributed by atoms with E-state index in [-0.39, 0.29) is 0 Å². The van der Waals surface area contributed by atoms with Crippen molar-refractivity contribution in [3.63, 3.8) is 0 Å². The number of amides is 1. The molecule has 15 heavy (non-hydrogen) atoms. The number of benzene rings is 1. The topological polar surface area (TPSA) is 58.6 Å². The van der Waals surface area contributed by atoms with Gasteiger partial charge >= 0.3 is 6.09 Å². The summed E-state index contributed by atoms with van der Waals surface area (Å²) in [5.74, 6) is 1.54. The van der Waals surface area contributed by atoms with Crippen LogP contribution < -0.4 is 10.1 Å². The predicted molar refractivity (Wildman–Crippen MR) is 59.7 cm³/mol. The number of rotatable bonds is 5. The number of methoxy groups -OCH3 is 1. The van der Waals surface area contributed by atoms with Crippen LogP contribution >= 0.6 is 11.8 Å². The third kappa shape index (κ3) is 4.60. The van der Waals surface area contributed by atoms with Crippen LogP contribution in [0.3, 0.4) is 0 Å². The molecule has 82 valence electrons. The van der Waals surface area contributed by atoms with Crippen molar-refractivity contribution in [1.82, 2.24) is 5.32 Å². The molecule has 1 aromatic carbocycles. The Kier molecular flexibility index (Phi) is 4.83. The molecule has 0 spiro atoms. The van der Waals surface area contributed by atoms with Gasteiger partial charge in [-0.25, -0.2) is 4.79 Å². The molecule has 0 unspecified atom stereocenters. The predicted octanol–water partition coefficient (Wildman–Crippen LogP) is 2.05. The largest absolute Gasteiger partial charge is 0.497 e. The second kappa shape index (κ2) is 6.19. The van der Waals surface area contributed by atoms with Gasteiger partial charge in [0.05, 0.1) is 7.11 Å². The number of thioether (sulfide) groups is 1. The quantitative estimate of drug-likeness (QED) is 0.597. The average Bonchev–Trinajstić information content (AvgIpc) is 2.25. The van der Waals surface area contributed by atoms with Gasteiger partial charge in [-0.15, -0.1) is 11.8 Å². The Morgan fingerprint density at radius 3 is 2.67 bits per heavy atom. The lowest BCUT2D eigenvalue weighted by Gasteiger charge is -2.03. The normalized spacial score (nSPS) is 9.67. The fourth-order valence-corrected chi connectivity index (χ4v) is 1.77. The van der Waals surface area contributed by atoms with Crippen molar-refractivity contribution in [2.45, 2.75) is 4.90 Å². The zero-order chi connectivity index (χ0) is 11.1. The summed E-state index contributed by atoms with van der Waals surface area (Å²) in [5.41, 5.74) is 0. The van der Waals surface area contributed by atoms with E-state index < -0.39 is 6.09 Å². The average molecular weight is 227 g/mol. The molecule has 5 heteroatoms. The maximum atomic E-state index is 10.2. The minimum atomic E-state index is -0.981. The van der Waals surface area contributed by atoms with Crippen LogP contribution in [0.1, 0.15) is 0 Å². The second-order valence-corrected chi connectivity index (χ2v) is 3.92. The van der Waals surface area contributed by atoms with Crippen molar-refractivity contribution in [1.29, 1.82) is 0 Å². The van der Waals surface area contributed by atoms with Gasteiger partial charge in [0.2, 0.25) is 0 Å². The van der Waals surface area contributed by atoms with Crippen LogP contribution in [0.25, 0.3) is 0 Å². The molecular weight excluding hydrogens is 214 g/mol. The minimum absolute atomic E-state index is 0.450. The molecule has 1 aromatic rings. The number of nitrogens with one attached hydrogen (secondary N) is 1. The van der Waals surface area contributed by atoms with Crippen LogP contribution in [0.5, 0.6) is 5.75 Å². The maximum Gasteiger partial charge on any atom is 0.404 e. The minimum Gasteiger partial charge on any atom is -0.497 e. The third-order valence-electron chi connectivity index (χ3n) is 1.71. The van der Waals surface area contributed by atoms with Crippen LogP contribution in [0.4, 0.5) is 4.79 Å². The summed E-state index contributed by atoms with van der Waals surface area (Å²) >= 11 is 1.60. The first-order chi connectivity index (χ1) is 7.22. The molecule has 1 amide bonds. The first-order valence-corrected chi connectivity index (χ1v) is 5.44. The Balaban J connectivity index is 2.28. The molecule has 0 aliphatic heterocycles. The highest BCUT2D eigenvalue weighted by Crippen LogP contribution is 2.20. The number of carboxylic acid groups (broad SMARTS) is 1. The van der Waals surface area contributed by atoms with Crippen molar-refractivity contribution in [3.8, 4) is 5.75 Å². The first-order valence-electron chi connectivity index (χ1n) is 4.46. The van der Waals surface area contributed by atoms with E-state index in [0.717, 1.165) is 16.4 Å². The Morgan fingerprint density at radius 1 is 1.47 bits per heavy atom. The Morgan fingerprint density at radius 2 is 2.13 bits per heavy atom. The standard InChI is InChI=1S/C10H13NO3S/c1-14-8-2-4-9(5-3-8)15-7-6-11-10(12)13/h2-5,11H,6-7H2,1H3,(H,12,13). The van der Waals surface area contributed by atoms with Crippen molar-refractivity contribution < 1.29 is 14.6 Å². The van der Waals surface area contributed by atoms with Crippen molar-refractivity contribution in [3.05, 3.63) is 24.3 Å². The van der Waals surface area contributed by atoms with E-state index >= 15 is 0 Å². The van der Waals surface area contributed by atoms with E-state index in [1.807, 2.05) is 24.3 Å². The summed E-state index contributed by atoms with van der Waals surface area (Å²) in [5, 5.41) is 10.7. The molecule has 0 saturated carbocycles. The molecule has 0 bridgehead atoms. The number of hydrogen-bond acceptors (Lipinski definition) is 3. The Bertz CT molecular complexity index is 313. The zero-order valence-corrected chi connectivity index (χ0v) is 9.21. The molecule has 2 N–H and O–H groups in total. The fourth-order valence-electron chi connectivity index (χ4n) is 0.999. The summed E-state index contributed by atoms with van der Waals surface area (Å²) in [6.07, 6.45) is -0.981. The van der Waals surface area contributed by atoms with E-state index in [0.29, 0.717) is 6.54 Å². The third-order valence-corrected chi connectivity index (χ3v) is 2.72. The van der Waals surface area contributed by atoms with Crippen LogP contribution in [0.2, 0.25) is 0 Å². The van der Waals surface area contributed by atoms with E-state index in [2.05, 4.69) is 5.32 Å². The summed E-state index contributed by atoms with van der Waals surface area (Å²) in [4.78, 5) is 11.3. The molecule has 0 radical (unpaired) electrons. The smallest absolute Gasteiger partial charge is 0.404 e. The van der Waals surface area contributed by atoms with Gasteiger partial charge in [0, 0.05) is 17.2 Å². The highest BCUT2D eigenvalue weighted by Gasteiger charge is 1.96. The van der Waals surface area contributed by atoms with Crippen molar-refractivity contribution >= 4 is 17.9 Å². The van der Waals surface area contributed by atoms with Crippen molar-refractivity contribution in [2.24, 2.45) is 0 Å². The summed E-state index contributed by atoms with van der Waals surface area (Å²) in [7, 11) is 1.62. The maximum absolute atomic E-state index is 10.2. The SMILES string of the molecule is COc1ccc(SCCNC(=O)O)cc1. The summed E-state index contributed by atoms with van der Waals surface area (Å²) in [6.45, 7) is 0.450. The summed E-state index contributed by atoms with van der Waals surface area (Å²) in [6, 6.07) is 7.66. The monoisotopic (exact) mass is 227 g/mol. The van der Waals surface area contributed by atoms with Crippen LogP contribution in [-0.2, 0) is 0 Å². The van der Waals surface area contributed by atoms with Crippen LogP contribution in [0.15, 0.2) is 29.2 Å². The lowest BCUT2D eigenvalue weighted by molar-refractivity contribution is 0.195. The van der Waals surface area contributed by atoms with Gasteiger partial charge in [0.25, 0.3) is 0 Å². The number of ether oxygens (including phenoxy) is 1. The van der Waals surface area contributed by atoms with Gasteiger partial charge in [-0.05, 0) is 24.3 Å². The van der Waals surface area contributed by atoms with E-state index in [4.69, 9.17) is 9.84 Å². The van der Waals surface area contributed by atoms with Gasteiger partial charge < -0.3 is 15.2 Å². The molecular formula is C10H13NO3S. The lowest BCUT2D eigenvalue weighted by atomic mass is 10.3. The molecule has 0 atom stereocenters. The number of hydrogen-bond donors (Lipinski definition) is 2. The molecule has 0 saturated heterocycles. The Labute approximate surface area is 92.6 Å². The summed E-state index contributed by atoms with van der Waals surface area (Å²) < 4.78 is 5.03. The molecule has 0 heterocycles. The second-order valence-electron chi connectivity index (χ2n) is 2.76. The van der Waals surface area contributed by atoms with E-state index in [1.165, 1.54) is 0 Å². The zero-order valence-electron chi connectivity index (χ0n) is 8.40. The molecule has 4 nitrogen and oxygen atoms in total. The van der Waals surface area contributed by atoms with Crippen LogP contribution in [0, 0.1) is 0 Å². The van der Waals surface area contributed by atoms with Gasteiger partial charge in [0.1, 0.15) is 5.75 Å². The van der Waals surface area contributed by atoms with Crippen molar-refractivity contribution in [2.75, 3.05) is 19.4 Å².